The topological polar surface area (TPSA) is 68.6 Å². The van der Waals surface area contributed by atoms with Crippen LogP contribution in [0.5, 0.6) is 5.75 Å². The van der Waals surface area contributed by atoms with Gasteiger partial charge in [0, 0.05) is 44.7 Å². The van der Waals surface area contributed by atoms with Gasteiger partial charge in [0.05, 0.1) is 12.7 Å². The average molecular weight is 389 g/mol. The van der Waals surface area contributed by atoms with Crippen LogP contribution in [0.25, 0.3) is 0 Å². The molecule has 2 rings (SSSR count). The Balaban J connectivity index is 1.77. The summed E-state index contributed by atoms with van der Waals surface area (Å²) >= 11 is 5.38. The van der Waals surface area contributed by atoms with Crippen LogP contribution in [0, 0.1) is 17.2 Å². The molecular formula is C20H28N4O2S. The Hall–Kier alpha value is -2.17. The molecule has 0 atom stereocenters. The van der Waals surface area contributed by atoms with Crippen LogP contribution in [0.15, 0.2) is 24.3 Å². The average Bonchev–Trinajstić information content (AvgIpc) is 2.67. The van der Waals surface area contributed by atoms with Crippen LogP contribution in [0.1, 0.15) is 37.0 Å². The van der Waals surface area contributed by atoms with Crippen molar-refractivity contribution in [2.45, 2.75) is 26.7 Å². The first-order valence-electron chi connectivity index (χ1n) is 9.42. The van der Waals surface area contributed by atoms with Crippen molar-refractivity contribution < 1.29 is 9.53 Å². The Morgan fingerprint density at radius 1 is 1.26 bits per heavy atom. The molecule has 0 unspecified atom stereocenters. The summed E-state index contributed by atoms with van der Waals surface area (Å²) in [6.45, 7) is 8.99. The van der Waals surface area contributed by atoms with Gasteiger partial charge < -0.3 is 9.64 Å². The third kappa shape index (κ3) is 7.16. The van der Waals surface area contributed by atoms with Gasteiger partial charge in [0.1, 0.15) is 5.75 Å². The summed E-state index contributed by atoms with van der Waals surface area (Å²) < 4.78 is 5.68. The van der Waals surface area contributed by atoms with E-state index in [0.29, 0.717) is 29.6 Å². The molecule has 1 aromatic carbocycles. The van der Waals surface area contributed by atoms with Crippen molar-refractivity contribution in [1.82, 2.24) is 15.1 Å². The molecule has 0 radical (unpaired) electrons. The molecule has 1 aliphatic rings. The molecule has 146 valence electrons. The molecule has 0 spiro atoms. The number of amides is 1. The van der Waals surface area contributed by atoms with Crippen LogP contribution in [0.2, 0.25) is 0 Å². The highest BCUT2D eigenvalue weighted by Crippen LogP contribution is 2.13. The fourth-order valence-electron chi connectivity index (χ4n) is 2.75. The molecular weight excluding hydrogens is 360 g/mol. The third-order valence-corrected chi connectivity index (χ3v) is 4.86. The van der Waals surface area contributed by atoms with E-state index in [1.807, 2.05) is 17.0 Å². The van der Waals surface area contributed by atoms with Gasteiger partial charge in [-0.2, -0.15) is 5.26 Å². The lowest BCUT2D eigenvalue weighted by molar-refractivity contribution is 0.0969. The van der Waals surface area contributed by atoms with E-state index in [0.717, 1.165) is 44.9 Å². The third-order valence-electron chi connectivity index (χ3n) is 4.50. The zero-order valence-electron chi connectivity index (χ0n) is 16.1. The molecule has 1 aromatic rings. The van der Waals surface area contributed by atoms with Crippen LogP contribution in [0.4, 0.5) is 0 Å². The number of nitrogens with one attached hydrogen (secondary N) is 1. The van der Waals surface area contributed by atoms with Crippen molar-refractivity contribution in [3.8, 4) is 11.8 Å². The van der Waals surface area contributed by atoms with Crippen LogP contribution in [0.3, 0.4) is 0 Å². The summed E-state index contributed by atoms with van der Waals surface area (Å²) in [5.41, 5.74) is 0.557. The second-order valence-electron chi connectivity index (χ2n) is 7.05. The first kappa shape index (κ1) is 21.1. The zero-order valence-corrected chi connectivity index (χ0v) is 16.9. The number of nitrogens with zero attached hydrogens (tertiary/aromatic N) is 3. The zero-order chi connectivity index (χ0) is 19.6. The highest BCUT2D eigenvalue weighted by molar-refractivity contribution is 7.80. The fourth-order valence-corrected chi connectivity index (χ4v) is 3.02. The molecule has 0 bridgehead atoms. The second kappa shape index (κ2) is 10.9. The standard InChI is InChI=1S/C20H28N4O2S/c1-16(2)8-15-26-18-6-4-17(5-7-18)19(25)22-20(27)24-13-11-23(12-14-24)10-3-9-21/h4-7,16H,3,8,10-15H2,1-2H3,(H,22,25,27). The Bertz CT molecular complexity index is 662. The maximum Gasteiger partial charge on any atom is 0.257 e. The van der Waals surface area contributed by atoms with Crippen molar-refractivity contribution in [1.29, 1.82) is 5.26 Å². The van der Waals surface area contributed by atoms with E-state index in [9.17, 15) is 4.79 Å². The van der Waals surface area contributed by atoms with E-state index >= 15 is 0 Å². The monoisotopic (exact) mass is 388 g/mol. The molecule has 0 saturated carbocycles. The smallest absolute Gasteiger partial charge is 0.257 e. The first-order chi connectivity index (χ1) is 13.0. The molecule has 0 aromatic heterocycles. The summed E-state index contributed by atoms with van der Waals surface area (Å²) in [7, 11) is 0. The summed E-state index contributed by atoms with van der Waals surface area (Å²) in [6, 6.07) is 9.29. The number of nitriles is 1. The maximum absolute atomic E-state index is 12.4. The summed E-state index contributed by atoms with van der Waals surface area (Å²) in [5, 5.41) is 11.9. The van der Waals surface area contributed by atoms with Gasteiger partial charge in [-0.25, -0.2) is 0 Å². The van der Waals surface area contributed by atoms with Crippen molar-refractivity contribution in [3.63, 3.8) is 0 Å². The molecule has 1 amide bonds. The normalized spacial score (nSPS) is 14.7. The van der Waals surface area contributed by atoms with E-state index in [1.54, 1.807) is 12.1 Å². The Labute approximate surface area is 167 Å². The van der Waals surface area contributed by atoms with Gasteiger partial charge >= 0.3 is 0 Å². The molecule has 0 aliphatic carbocycles. The van der Waals surface area contributed by atoms with Crippen LogP contribution < -0.4 is 10.1 Å². The Morgan fingerprint density at radius 2 is 1.93 bits per heavy atom. The minimum absolute atomic E-state index is 0.208. The predicted molar refractivity (Wildman–Crippen MR) is 110 cm³/mol. The fraction of sp³-hybridized carbons (Fsp3) is 0.550. The lowest BCUT2D eigenvalue weighted by atomic mass is 10.1. The number of piperazine rings is 1. The van der Waals surface area contributed by atoms with E-state index in [-0.39, 0.29) is 5.91 Å². The molecule has 1 saturated heterocycles. The van der Waals surface area contributed by atoms with E-state index in [1.165, 1.54) is 0 Å². The van der Waals surface area contributed by atoms with Gasteiger partial charge in [0.2, 0.25) is 0 Å². The molecule has 1 fully saturated rings. The minimum Gasteiger partial charge on any atom is -0.494 e. The number of rotatable bonds is 7. The van der Waals surface area contributed by atoms with Crippen LogP contribution in [-0.4, -0.2) is 60.2 Å². The summed E-state index contributed by atoms with van der Waals surface area (Å²) in [6.07, 6.45) is 1.54. The largest absolute Gasteiger partial charge is 0.494 e. The van der Waals surface area contributed by atoms with Crippen molar-refractivity contribution >= 4 is 23.2 Å². The first-order valence-corrected chi connectivity index (χ1v) is 9.83. The minimum atomic E-state index is -0.208. The number of hydrogen-bond donors (Lipinski definition) is 1. The number of carbonyl (C=O) groups is 1. The van der Waals surface area contributed by atoms with Gasteiger partial charge in [-0.05, 0) is 48.8 Å². The number of thiocarbonyl (C=S) groups is 1. The van der Waals surface area contributed by atoms with Crippen molar-refractivity contribution in [2.75, 3.05) is 39.3 Å². The van der Waals surface area contributed by atoms with Gasteiger partial charge in [0.15, 0.2) is 5.11 Å². The van der Waals surface area contributed by atoms with Crippen molar-refractivity contribution in [2.24, 2.45) is 5.92 Å². The van der Waals surface area contributed by atoms with Crippen LogP contribution >= 0.6 is 12.2 Å². The van der Waals surface area contributed by atoms with Gasteiger partial charge in [-0.3, -0.25) is 15.0 Å². The number of carbonyl (C=O) groups excluding carboxylic acids is 1. The molecule has 6 nitrogen and oxygen atoms in total. The second-order valence-corrected chi connectivity index (χ2v) is 7.44. The highest BCUT2D eigenvalue weighted by Gasteiger charge is 2.20. The lowest BCUT2D eigenvalue weighted by Crippen LogP contribution is -2.52. The van der Waals surface area contributed by atoms with E-state index < -0.39 is 0 Å². The van der Waals surface area contributed by atoms with Crippen LogP contribution in [-0.2, 0) is 0 Å². The molecule has 7 heteroatoms. The van der Waals surface area contributed by atoms with E-state index in [4.69, 9.17) is 22.2 Å². The highest BCUT2D eigenvalue weighted by atomic mass is 32.1. The SMILES string of the molecule is CC(C)CCOc1ccc(C(=O)NC(=S)N2CCN(CCC#N)CC2)cc1. The molecule has 1 heterocycles. The number of ether oxygens (including phenoxy) is 1. The Morgan fingerprint density at radius 3 is 2.52 bits per heavy atom. The molecule has 1 N–H and O–H groups in total. The lowest BCUT2D eigenvalue weighted by Gasteiger charge is -2.35. The number of benzene rings is 1. The summed E-state index contributed by atoms with van der Waals surface area (Å²) in [4.78, 5) is 16.6. The van der Waals surface area contributed by atoms with Crippen molar-refractivity contribution in [3.05, 3.63) is 29.8 Å². The van der Waals surface area contributed by atoms with Gasteiger partial charge in [-0.15, -0.1) is 0 Å². The van der Waals surface area contributed by atoms with E-state index in [2.05, 4.69) is 30.1 Å². The van der Waals surface area contributed by atoms with Gasteiger partial charge in [0.25, 0.3) is 5.91 Å². The predicted octanol–water partition coefficient (Wildman–Crippen LogP) is 2.66. The quantitative estimate of drug-likeness (QED) is 0.725. The van der Waals surface area contributed by atoms with Gasteiger partial charge in [-0.1, -0.05) is 13.8 Å². The number of hydrogen-bond acceptors (Lipinski definition) is 5. The molecule has 27 heavy (non-hydrogen) atoms. The summed E-state index contributed by atoms with van der Waals surface area (Å²) in [5.74, 6) is 1.16. The maximum atomic E-state index is 12.4. The molecule has 1 aliphatic heterocycles. The Kier molecular flexibility index (Phi) is 8.49.